The topological polar surface area (TPSA) is 64.8 Å². The number of likely N-dealkylation sites (N-methyl/N-ethyl adjacent to an activating group) is 1. The molecule has 5 nitrogen and oxygen atoms in total. The standard InChI is InChI=1S/C17H18N4O/c1-4-21-14-9-13-12(8-10(14)17(2,3)16(21)22)19-15(20-13)11-6-5-7-18-11/h5-9,18H,4H2,1-3H3,(H,19,20). The summed E-state index contributed by atoms with van der Waals surface area (Å²) in [6, 6.07) is 8.02. The van der Waals surface area contributed by atoms with E-state index >= 15 is 0 Å². The zero-order valence-corrected chi connectivity index (χ0v) is 12.9. The lowest BCUT2D eigenvalue weighted by atomic mass is 9.86. The van der Waals surface area contributed by atoms with E-state index in [0.29, 0.717) is 6.54 Å². The van der Waals surface area contributed by atoms with E-state index < -0.39 is 5.41 Å². The number of benzene rings is 1. The molecule has 1 aliphatic heterocycles. The van der Waals surface area contributed by atoms with E-state index in [1.54, 1.807) is 0 Å². The highest BCUT2D eigenvalue weighted by molar-refractivity contribution is 6.09. The number of nitrogens with one attached hydrogen (secondary N) is 2. The van der Waals surface area contributed by atoms with E-state index in [0.717, 1.165) is 33.8 Å². The van der Waals surface area contributed by atoms with Crippen LogP contribution in [0.5, 0.6) is 0 Å². The molecule has 2 N–H and O–H groups in total. The monoisotopic (exact) mass is 294 g/mol. The first-order chi connectivity index (χ1) is 10.5. The van der Waals surface area contributed by atoms with Crippen LogP contribution in [-0.2, 0) is 10.2 Å². The van der Waals surface area contributed by atoms with Crippen LogP contribution in [0.2, 0.25) is 0 Å². The molecule has 1 aliphatic rings. The van der Waals surface area contributed by atoms with Crippen LogP contribution in [0.3, 0.4) is 0 Å². The molecule has 0 aliphatic carbocycles. The number of hydrogen-bond donors (Lipinski definition) is 2. The SMILES string of the molecule is CCN1C(=O)C(C)(C)c2cc3[nH]c(-c4ccc[nH]4)nc3cc21. The number of aromatic amines is 2. The fraction of sp³-hybridized carbons (Fsp3) is 0.294. The van der Waals surface area contributed by atoms with Gasteiger partial charge in [0.15, 0.2) is 5.82 Å². The molecule has 1 amide bonds. The fourth-order valence-electron chi connectivity index (χ4n) is 3.25. The lowest BCUT2D eigenvalue weighted by Crippen LogP contribution is -2.35. The Morgan fingerprint density at radius 1 is 1.32 bits per heavy atom. The van der Waals surface area contributed by atoms with Crippen molar-refractivity contribution in [3.05, 3.63) is 36.0 Å². The summed E-state index contributed by atoms with van der Waals surface area (Å²) in [5, 5.41) is 0. The quantitative estimate of drug-likeness (QED) is 0.762. The number of amides is 1. The first kappa shape index (κ1) is 13.1. The van der Waals surface area contributed by atoms with Crippen molar-refractivity contribution in [2.75, 3.05) is 11.4 Å². The molecule has 2 aromatic heterocycles. The average Bonchev–Trinajstić information content (AvgIpc) is 3.18. The highest BCUT2D eigenvalue weighted by Crippen LogP contribution is 2.43. The van der Waals surface area contributed by atoms with Crippen molar-refractivity contribution in [2.24, 2.45) is 0 Å². The number of nitrogens with zero attached hydrogens (tertiary/aromatic N) is 2. The van der Waals surface area contributed by atoms with E-state index in [1.807, 2.05) is 50.1 Å². The van der Waals surface area contributed by atoms with Crippen LogP contribution in [0.4, 0.5) is 5.69 Å². The highest BCUT2D eigenvalue weighted by Gasteiger charge is 2.43. The zero-order valence-electron chi connectivity index (χ0n) is 12.9. The van der Waals surface area contributed by atoms with Gasteiger partial charge in [0.1, 0.15) is 0 Å². The Morgan fingerprint density at radius 3 is 2.82 bits per heavy atom. The third kappa shape index (κ3) is 1.59. The van der Waals surface area contributed by atoms with Gasteiger partial charge in [0.25, 0.3) is 0 Å². The van der Waals surface area contributed by atoms with Gasteiger partial charge >= 0.3 is 0 Å². The molecule has 0 unspecified atom stereocenters. The van der Waals surface area contributed by atoms with Gasteiger partial charge < -0.3 is 14.9 Å². The molecule has 4 rings (SSSR count). The van der Waals surface area contributed by atoms with Gasteiger partial charge in [0.2, 0.25) is 5.91 Å². The third-order valence-corrected chi connectivity index (χ3v) is 4.51. The Bertz CT molecular complexity index is 874. The van der Waals surface area contributed by atoms with Crippen LogP contribution in [-0.4, -0.2) is 27.4 Å². The Morgan fingerprint density at radius 2 is 2.14 bits per heavy atom. The minimum atomic E-state index is -0.489. The number of carbonyl (C=O) groups excluding carboxylic acids is 1. The molecule has 0 atom stereocenters. The molecule has 0 saturated heterocycles. The molecule has 1 aromatic carbocycles. The number of carbonyl (C=O) groups is 1. The van der Waals surface area contributed by atoms with Crippen LogP contribution in [0.1, 0.15) is 26.3 Å². The number of imidazole rings is 1. The Hall–Kier alpha value is -2.56. The third-order valence-electron chi connectivity index (χ3n) is 4.51. The van der Waals surface area contributed by atoms with Gasteiger partial charge in [0.05, 0.1) is 27.8 Å². The summed E-state index contributed by atoms with van der Waals surface area (Å²) >= 11 is 0. The molecule has 0 fully saturated rings. The van der Waals surface area contributed by atoms with E-state index in [1.165, 1.54) is 0 Å². The molecule has 3 heterocycles. The van der Waals surface area contributed by atoms with Gasteiger partial charge in [-0.1, -0.05) is 0 Å². The van der Waals surface area contributed by atoms with E-state index in [-0.39, 0.29) is 5.91 Å². The van der Waals surface area contributed by atoms with Crippen molar-refractivity contribution in [2.45, 2.75) is 26.2 Å². The lowest BCUT2D eigenvalue weighted by Gasteiger charge is -2.18. The smallest absolute Gasteiger partial charge is 0.237 e. The normalized spacial score (nSPS) is 16.5. The van der Waals surface area contributed by atoms with Crippen LogP contribution in [0, 0.1) is 0 Å². The Kier molecular flexibility index (Phi) is 2.52. The second-order valence-electron chi connectivity index (χ2n) is 6.23. The predicted molar refractivity (Wildman–Crippen MR) is 86.9 cm³/mol. The minimum Gasteiger partial charge on any atom is -0.359 e. The molecular weight excluding hydrogens is 276 g/mol. The fourth-order valence-corrected chi connectivity index (χ4v) is 3.25. The van der Waals surface area contributed by atoms with Crippen molar-refractivity contribution < 1.29 is 4.79 Å². The first-order valence-electron chi connectivity index (χ1n) is 7.52. The molecule has 0 saturated carbocycles. The van der Waals surface area contributed by atoms with Gasteiger partial charge in [0, 0.05) is 12.7 Å². The predicted octanol–water partition coefficient (Wildman–Crippen LogP) is 3.20. The van der Waals surface area contributed by atoms with Gasteiger partial charge in [-0.25, -0.2) is 4.98 Å². The molecular formula is C17H18N4O. The van der Waals surface area contributed by atoms with E-state index in [2.05, 4.69) is 21.0 Å². The molecule has 112 valence electrons. The molecule has 22 heavy (non-hydrogen) atoms. The van der Waals surface area contributed by atoms with Crippen LogP contribution >= 0.6 is 0 Å². The maximum absolute atomic E-state index is 12.6. The first-order valence-corrected chi connectivity index (χ1v) is 7.52. The average molecular weight is 294 g/mol. The van der Waals surface area contributed by atoms with Gasteiger partial charge in [-0.3, -0.25) is 4.79 Å². The number of H-pyrrole nitrogens is 2. The second-order valence-corrected chi connectivity index (χ2v) is 6.23. The van der Waals surface area contributed by atoms with Crippen molar-refractivity contribution in [3.8, 4) is 11.5 Å². The van der Waals surface area contributed by atoms with Gasteiger partial charge in [-0.15, -0.1) is 0 Å². The molecule has 0 bridgehead atoms. The summed E-state index contributed by atoms with van der Waals surface area (Å²) in [5.74, 6) is 0.970. The molecule has 5 heteroatoms. The maximum atomic E-state index is 12.6. The van der Waals surface area contributed by atoms with Crippen molar-refractivity contribution in [1.82, 2.24) is 15.0 Å². The maximum Gasteiger partial charge on any atom is 0.237 e. The lowest BCUT2D eigenvalue weighted by molar-refractivity contribution is -0.122. The summed E-state index contributed by atoms with van der Waals surface area (Å²) < 4.78 is 0. The van der Waals surface area contributed by atoms with Crippen LogP contribution in [0.25, 0.3) is 22.6 Å². The summed E-state index contributed by atoms with van der Waals surface area (Å²) in [4.78, 5) is 25.6. The minimum absolute atomic E-state index is 0.155. The largest absolute Gasteiger partial charge is 0.359 e. The van der Waals surface area contributed by atoms with Crippen molar-refractivity contribution >= 4 is 22.6 Å². The Balaban J connectivity index is 1.94. The molecule has 0 spiro atoms. The molecule has 0 radical (unpaired) electrons. The Labute approximate surface area is 128 Å². The zero-order chi connectivity index (χ0) is 15.5. The van der Waals surface area contributed by atoms with E-state index in [4.69, 9.17) is 0 Å². The number of anilines is 1. The highest BCUT2D eigenvalue weighted by atomic mass is 16.2. The number of aromatic nitrogens is 3. The van der Waals surface area contributed by atoms with Crippen molar-refractivity contribution in [3.63, 3.8) is 0 Å². The van der Waals surface area contributed by atoms with E-state index in [9.17, 15) is 4.79 Å². The summed E-state index contributed by atoms with van der Waals surface area (Å²) in [6.45, 7) is 6.65. The number of fused-ring (bicyclic) bond motifs is 2. The van der Waals surface area contributed by atoms with Gasteiger partial charge in [-0.05, 0) is 50.6 Å². The van der Waals surface area contributed by atoms with Crippen LogP contribution < -0.4 is 4.90 Å². The second kappa shape index (κ2) is 4.22. The number of hydrogen-bond acceptors (Lipinski definition) is 2. The summed E-state index contributed by atoms with van der Waals surface area (Å²) in [5.41, 5.74) is 4.36. The molecule has 3 aromatic rings. The number of rotatable bonds is 2. The summed E-state index contributed by atoms with van der Waals surface area (Å²) in [6.07, 6.45) is 1.88. The van der Waals surface area contributed by atoms with Crippen molar-refractivity contribution in [1.29, 1.82) is 0 Å². The van der Waals surface area contributed by atoms with Gasteiger partial charge in [-0.2, -0.15) is 0 Å². The summed E-state index contributed by atoms with van der Waals surface area (Å²) in [7, 11) is 0. The van der Waals surface area contributed by atoms with Crippen LogP contribution in [0.15, 0.2) is 30.5 Å².